The fraction of sp³-hybridized carbons (Fsp3) is 0.424. The van der Waals surface area contributed by atoms with Gasteiger partial charge in [-0.15, -0.1) is 0 Å². The minimum absolute atomic E-state index is 0.118. The maximum Gasteiger partial charge on any atom is 0.314 e. The standard InChI is InChI=1S/C33H42O3/c1-8-24(3)23-33(26-13-11-10-12-14-26,28-17-21-30(22-18-28)36-32(5,6)7)27-15-19-29(20-16-27)35-31(34)25(4)9-2/h10-22,24-25H,8-9,23H2,1-7H3. The van der Waals surface area contributed by atoms with Gasteiger partial charge in [-0.25, -0.2) is 0 Å². The van der Waals surface area contributed by atoms with Crippen LogP contribution in [0.25, 0.3) is 0 Å². The fourth-order valence-corrected chi connectivity index (χ4v) is 4.60. The second-order valence-corrected chi connectivity index (χ2v) is 11.0. The molecule has 0 saturated heterocycles. The van der Waals surface area contributed by atoms with Crippen molar-refractivity contribution in [1.82, 2.24) is 0 Å². The van der Waals surface area contributed by atoms with Gasteiger partial charge in [-0.05, 0) is 80.5 Å². The molecule has 3 nitrogen and oxygen atoms in total. The molecule has 0 fully saturated rings. The van der Waals surface area contributed by atoms with E-state index in [9.17, 15) is 4.79 Å². The van der Waals surface area contributed by atoms with Crippen LogP contribution in [0.15, 0.2) is 78.9 Å². The highest BCUT2D eigenvalue weighted by Crippen LogP contribution is 2.45. The first-order chi connectivity index (χ1) is 17.1. The van der Waals surface area contributed by atoms with Crippen LogP contribution >= 0.6 is 0 Å². The van der Waals surface area contributed by atoms with Gasteiger partial charge in [-0.2, -0.15) is 0 Å². The molecule has 0 radical (unpaired) electrons. The van der Waals surface area contributed by atoms with E-state index in [1.54, 1.807) is 0 Å². The quantitative estimate of drug-likeness (QED) is 0.163. The summed E-state index contributed by atoms with van der Waals surface area (Å²) in [4.78, 5) is 12.3. The Labute approximate surface area is 217 Å². The minimum atomic E-state index is -0.351. The van der Waals surface area contributed by atoms with Crippen LogP contribution in [0, 0.1) is 11.8 Å². The molecule has 0 aromatic heterocycles. The topological polar surface area (TPSA) is 35.5 Å². The molecule has 0 heterocycles. The summed E-state index contributed by atoms with van der Waals surface area (Å²) in [5, 5.41) is 0. The van der Waals surface area contributed by atoms with Crippen LogP contribution in [0.3, 0.4) is 0 Å². The molecule has 0 aliphatic carbocycles. The Morgan fingerprint density at radius 3 is 1.69 bits per heavy atom. The van der Waals surface area contributed by atoms with Gasteiger partial charge in [0.25, 0.3) is 0 Å². The average Bonchev–Trinajstić information content (AvgIpc) is 2.87. The zero-order valence-electron chi connectivity index (χ0n) is 23.0. The Kier molecular flexibility index (Phi) is 9.00. The number of hydrogen-bond donors (Lipinski definition) is 0. The number of esters is 1. The number of ether oxygens (including phenoxy) is 2. The van der Waals surface area contributed by atoms with E-state index in [1.165, 1.54) is 16.7 Å². The molecular weight excluding hydrogens is 444 g/mol. The van der Waals surface area contributed by atoms with Gasteiger partial charge in [-0.3, -0.25) is 4.79 Å². The van der Waals surface area contributed by atoms with E-state index in [2.05, 4.69) is 101 Å². The highest BCUT2D eigenvalue weighted by atomic mass is 16.5. The summed E-state index contributed by atoms with van der Waals surface area (Å²) in [7, 11) is 0. The van der Waals surface area contributed by atoms with Crippen molar-refractivity contribution in [3.05, 3.63) is 95.6 Å². The molecule has 0 aliphatic rings. The lowest BCUT2D eigenvalue weighted by atomic mass is 9.65. The van der Waals surface area contributed by atoms with Gasteiger partial charge in [-0.1, -0.05) is 88.7 Å². The van der Waals surface area contributed by atoms with Crippen LogP contribution in [-0.2, 0) is 10.2 Å². The van der Waals surface area contributed by atoms with Crippen LogP contribution in [0.1, 0.15) is 84.4 Å². The first-order valence-corrected chi connectivity index (χ1v) is 13.3. The largest absolute Gasteiger partial charge is 0.488 e. The smallest absolute Gasteiger partial charge is 0.314 e. The molecular formula is C33H42O3. The molecule has 3 unspecified atom stereocenters. The maximum atomic E-state index is 12.3. The molecule has 3 rings (SSSR count). The number of carbonyl (C=O) groups excluding carboxylic acids is 1. The molecule has 0 N–H and O–H groups in total. The van der Waals surface area contributed by atoms with Crippen molar-refractivity contribution in [3.63, 3.8) is 0 Å². The molecule has 36 heavy (non-hydrogen) atoms. The molecule has 0 aliphatic heterocycles. The van der Waals surface area contributed by atoms with E-state index in [4.69, 9.17) is 9.47 Å². The summed E-state index contributed by atoms with van der Waals surface area (Å²) < 4.78 is 11.8. The van der Waals surface area contributed by atoms with E-state index in [0.717, 1.165) is 25.0 Å². The lowest BCUT2D eigenvalue weighted by Gasteiger charge is -2.38. The third-order valence-electron chi connectivity index (χ3n) is 6.97. The van der Waals surface area contributed by atoms with Crippen molar-refractivity contribution in [1.29, 1.82) is 0 Å². The summed E-state index contributed by atoms with van der Waals surface area (Å²) in [5.41, 5.74) is 3.05. The minimum Gasteiger partial charge on any atom is -0.488 e. The van der Waals surface area contributed by atoms with Crippen LogP contribution in [0.2, 0.25) is 0 Å². The summed E-state index contributed by atoms with van der Waals surface area (Å²) in [6.07, 6.45) is 2.81. The Morgan fingerprint density at radius 2 is 1.22 bits per heavy atom. The van der Waals surface area contributed by atoms with Crippen molar-refractivity contribution < 1.29 is 14.3 Å². The lowest BCUT2D eigenvalue weighted by molar-refractivity contribution is -0.138. The predicted molar refractivity (Wildman–Crippen MR) is 149 cm³/mol. The summed E-state index contributed by atoms with van der Waals surface area (Å²) in [6, 6.07) is 27.4. The fourth-order valence-electron chi connectivity index (χ4n) is 4.60. The third-order valence-corrected chi connectivity index (χ3v) is 6.97. The first kappa shape index (κ1) is 27.5. The number of rotatable bonds is 10. The van der Waals surface area contributed by atoms with E-state index in [0.29, 0.717) is 11.7 Å². The summed E-state index contributed by atoms with van der Waals surface area (Å²) >= 11 is 0. The van der Waals surface area contributed by atoms with Gasteiger partial charge in [0.15, 0.2) is 0 Å². The van der Waals surface area contributed by atoms with Crippen molar-refractivity contribution in [2.24, 2.45) is 11.8 Å². The average molecular weight is 487 g/mol. The number of carbonyl (C=O) groups is 1. The van der Waals surface area contributed by atoms with Crippen LogP contribution in [-0.4, -0.2) is 11.6 Å². The highest BCUT2D eigenvalue weighted by molar-refractivity contribution is 5.74. The van der Waals surface area contributed by atoms with Crippen LogP contribution < -0.4 is 9.47 Å². The van der Waals surface area contributed by atoms with Gasteiger partial charge in [0, 0.05) is 5.41 Å². The zero-order chi connectivity index (χ0) is 26.3. The van der Waals surface area contributed by atoms with Gasteiger partial charge in [0.2, 0.25) is 0 Å². The van der Waals surface area contributed by atoms with E-state index in [-0.39, 0.29) is 22.9 Å². The number of hydrogen-bond acceptors (Lipinski definition) is 3. The van der Waals surface area contributed by atoms with Crippen LogP contribution in [0.4, 0.5) is 0 Å². The molecule has 192 valence electrons. The van der Waals surface area contributed by atoms with Crippen molar-refractivity contribution >= 4 is 5.97 Å². The second kappa shape index (κ2) is 11.8. The van der Waals surface area contributed by atoms with Crippen molar-refractivity contribution in [3.8, 4) is 11.5 Å². The molecule has 0 spiro atoms. The van der Waals surface area contributed by atoms with Gasteiger partial charge in [0.1, 0.15) is 17.1 Å². The second-order valence-electron chi connectivity index (χ2n) is 11.0. The van der Waals surface area contributed by atoms with Gasteiger partial charge < -0.3 is 9.47 Å². The van der Waals surface area contributed by atoms with E-state index < -0.39 is 0 Å². The molecule has 3 heteroatoms. The van der Waals surface area contributed by atoms with Crippen LogP contribution in [0.5, 0.6) is 11.5 Å². The molecule has 3 aromatic carbocycles. The third kappa shape index (κ3) is 6.57. The molecule has 3 atom stereocenters. The molecule has 3 aromatic rings. The summed E-state index contributed by atoms with van der Waals surface area (Å²) in [5.74, 6) is 1.65. The van der Waals surface area contributed by atoms with E-state index >= 15 is 0 Å². The molecule has 0 saturated carbocycles. The van der Waals surface area contributed by atoms with Gasteiger partial charge >= 0.3 is 5.97 Å². The highest BCUT2D eigenvalue weighted by Gasteiger charge is 2.37. The van der Waals surface area contributed by atoms with Gasteiger partial charge in [0.05, 0.1) is 5.92 Å². The normalized spacial score (nSPS) is 15.0. The van der Waals surface area contributed by atoms with Crippen molar-refractivity contribution in [2.45, 2.75) is 78.7 Å². The number of benzene rings is 3. The predicted octanol–water partition coefficient (Wildman–Crippen LogP) is 8.59. The zero-order valence-corrected chi connectivity index (χ0v) is 23.0. The Balaban J connectivity index is 2.12. The maximum absolute atomic E-state index is 12.3. The SMILES string of the molecule is CCC(C)CC(c1ccccc1)(c1ccc(OC(=O)C(C)CC)cc1)c1ccc(OC(C)(C)C)cc1. The Bertz CT molecular complexity index is 1090. The molecule has 0 amide bonds. The van der Waals surface area contributed by atoms with E-state index in [1.807, 2.05) is 26.0 Å². The van der Waals surface area contributed by atoms with Crippen molar-refractivity contribution in [2.75, 3.05) is 0 Å². The molecule has 0 bridgehead atoms. The summed E-state index contributed by atoms with van der Waals surface area (Å²) in [6.45, 7) is 14.6. The Hall–Kier alpha value is -3.07. The first-order valence-electron chi connectivity index (χ1n) is 13.3. The lowest BCUT2D eigenvalue weighted by Crippen LogP contribution is -2.32. The Morgan fingerprint density at radius 1 is 0.722 bits per heavy atom. The monoisotopic (exact) mass is 486 g/mol.